The van der Waals surface area contributed by atoms with Crippen LogP contribution < -0.4 is 9.47 Å². The van der Waals surface area contributed by atoms with E-state index < -0.39 is 0 Å². The van der Waals surface area contributed by atoms with Crippen molar-refractivity contribution >= 4 is 39.4 Å². The number of ether oxygens (including phenoxy) is 2. The summed E-state index contributed by atoms with van der Waals surface area (Å²) in [7, 11) is 0. The molecule has 0 spiro atoms. The zero-order valence-electron chi connectivity index (χ0n) is 18.9. The molecule has 2 aliphatic heterocycles. The van der Waals surface area contributed by atoms with Crippen LogP contribution in [0.5, 0.6) is 11.5 Å². The summed E-state index contributed by atoms with van der Waals surface area (Å²) in [5.74, 6) is 2.10. The smallest absolute Gasteiger partial charge is 0.233 e. The van der Waals surface area contributed by atoms with Crippen molar-refractivity contribution in [3.05, 3.63) is 60.4 Å². The van der Waals surface area contributed by atoms with Crippen LogP contribution in [-0.2, 0) is 11.3 Å². The van der Waals surface area contributed by atoms with Crippen molar-refractivity contribution < 1.29 is 14.3 Å². The first-order valence-corrected chi connectivity index (χ1v) is 13.2. The van der Waals surface area contributed by atoms with Crippen molar-refractivity contribution in [1.82, 2.24) is 24.1 Å². The lowest BCUT2D eigenvalue weighted by Gasteiger charge is -2.34. The minimum absolute atomic E-state index is 0.136. The van der Waals surface area contributed by atoms with Gasteiger partial charge in [-0.2, -0.15) is 4.37 Å². The lowest BCUT2D eigenvalue weighted by molar-refractivity contribution is -0.130. The lowest BCUT2D eigenvalue weighted by atomic mass is 10.1. The quantitative estimate of drug-likeness (QED) is 0.288. The second kappa shape index (κ2) is 9.80. The van der Waals surface area contributed by atoms with Gasteiger partial charge >= 0.3 is 0 Å². The zero-order valence-corrected chi connectivity index (χ0v) is 20.6. The highest BCUT2D eigenvalue weighted by Gasteiger charge is 2.23. The van der Waals surface area contributed by atoms with E-state index in [2.05, 4.69) is 25.3 Å². The minimum Gasteiger partial charge on any atom is -0.454 e. The second-order valence-corrected chi connectivity index (χ2v) is 10.1. The maximum absolute atomic E-state index is 12.9. The first-order chi connectivity index (χ1) is 17.2. The monoisotopic (exact) mass is 505 g/mol. The molecular weight excluding hydrogens is 482 g/mol. The topological polar surface area (TPSA) is 80.7 Å². The number of piperazine rings is 1. The van der Waals surface area contributed by atoms with Crippen molar-refractivity contribution in [2.45, 2.75) is 11.6 Å². The molecule has 4 aromatic rings. The molecule has 0 N–H and O–H groups in total. The van der Waals surface area contributed by atoms with Crippen molar-refractivity contribution in [2.75, 3.05) is 38.7 Å². The van der Waals surface area contributed by atoms with E-state index in [1.807, 2.05) is 47.4 Å². The molecule has 4 heterocycles. The van der Waals surface area contributed by atoms with Gasteiger partial charge in [-0.25, -0.2) is 9.97 Å². The number of benzene rings is 2. The van der Waals surface area contributed by atoms with Gasteiger partial charge in [-0.3, -0.25) is 9.69 Å². The van der Waals surface area contributed by atoms with Crippen molar-refractivity contribution in [3.8, 4) is 22.8 Å². The molecule has 0 radical (unpaired) electrons. The third kappa shape index (κ3) is 4.69. The van der Waals surface area contributed by atoms with Crippen LogP contribution in [-0.4, -0.2) is 68.8 Å². The van der Waals surface area contributed by atoms with Crippen LogP contribution in [0.15, 0.2) is 59.9 Å². The first-order valence-electron chi connectivity index (χ1n) is 11.4. The Bertz CT molecular complexity index is 1360. The van der Waals surface area contributed by atoms with Gasteiger partial charge in [0.1, 0.15) is 27.3 Å². The molecule has 0 unspecified atom stereocenters. The van der Waals surface area contributed by atoms with Gasteiger partial charge in [0.2, 0.25) is 12.7 Å². The Kier molecular flexibility index (Phi) is 6.24. The summed E-state index contributed by atoms with van der Waals surface area (Å²) in [6.45, 7) is 4.26. The fourth-order valence-electron chi connectivity index (χ4n) is 4.31. The molecule has 35 heavy (non-hydrogen) atoms. The van der Waals surface area contributed by atoms with Gasteiger partial charge in [-0.15, -0.1) is 0 Å². The highest BCUT2D eigenvalue weighted by molar-refractivity contribution is 8.00. The van der Waals surface area contributed by atoms with E-state index >= 15 is 0 Å². The molecule has 10 heteroatoms. The van der Waals surface area contributed by atoms with E-state index in [0.29, 0.717) is 5.75 Å². The van der Waals surface area contributed by atoms with E-state index in [1.165, 1.54) is 28.9 Å². The Morgan fingerprint density at radius 3 is 2.69 bits per heavy atom. The molecule has 6 rings (SSSR count). The van der Waals surface area contributed by atoms with Crippen LogP contribution in [0.4, 0.5) is 0 Å². The molecule has 1 saturated heterocycles. The maximum Gasteiger partial charge on any atom is 0.233 e. The van der Waals surface area contributed by atoms with Gasteiger partial charge in [0.05, 0.1) is 5.75 Å². The molecule has 0 bridgehead atoms. The van der Waals surface area contributed by atoms with Crippen LogP contribution in [0.2, 0.25) is 0 Å². The summed E-state index contributed by atoms with van der Waals surface area (Å²) in [4.78, 5) is 26.1. The largest absolute Gasteiger partial charge is 0.454 e. The van der Waals surface area contributed by atoms with Crippen LogP contribution in [0.1, 0.15) is 5.56 Å². The first kappa shape index (κ1) is 22.3. The van der Waals surface area contributed by atoms with Gasteiger partial charge in [0.15, 0.2) is 11.5 Å². The summed E-state index contributed by atoms with van der Waals surface area (Å²) in [6.07, 6.45) is 1.56. The number of amides is 1. The number of carbonyl (C=O) groups excluding carboxylic acids is 1. The molecule has 1 amide bonds. The molecule has 8 nitrogen and oxygen atoms in total. The molecule has 0 aliphatic carbocycles. The van der Waals surface area contributed by atoms with Crippen molar-refractivity contribution in [1.29, 1.82) is 0 Å². The number of carbonyl (C=O) groups is 1. The van der Waals surface area contributed by atoms with Crippen molar-refractivity contribution in [2.24, 2.45) is 0 Å². The third-order valence-corrected chi connectivity index (χ3v) is 8.12. The standard InChI is InChI=1S/C25H23N5O3S2/c31-21(30-10-8-29(9-11-30)13-17-6-7-19-20(12-17)33-16-32-19)14-34-25-24-23(26-15-27-25)22(28-35-24)18-4-2-1-3-5-18/h1-7,12,15H,8-11,13-14,16H2. The molecule has 178 valence electrons. The SMILES string of the molecule is O=C(CSc1ncnc2c(-c3ccccc3)nsc12)N1CCN(Cc2ccc3c(c2)OCO3)CC1. The second-order valence-electron chi connectivity index (χ2n) is 8.39. The fourth-order valence-corrected chi connectivity index (χ4v) is 6.13. The Morgan fingerprint density at radius 2 is 1.83 bits per heavy atom. The molecule has 2 aromatic heterocycles. The van der Waals surface area contributed by atoms with Gasteiger partial charge in [-0.1, -0.05) is 48.2 Å². The van der Waals surface area contributed by atoms with Crippen LogP contribution >= 0.6 is 23.3 Å². The molecule has 2 aromatic carbocycles. The minimum atomic E-state index is 0.136. The predicted octanol–water partition coefficient (Wildman–Crippen LogP) is 3.92. The maximum atomic E-state index is 12.9. The van der Waals surface area contributed by atoms with Gasteiger partial charge in [0.25, 0.3) is 0 Å². The highest BCUT2D eigenvalue weighted by Crippen LogP contribution is 2.35. The molecule has 2 aliphatic rings. The Balaban J connectivity index is 1.05. The number of nitrogens with zero attached hydrogens (tertiary/aromatic N) is 5. The van der Waals surface area contributed by atoms with E-state index in [-0.39, 0.29) is 12.7 Å². The Labute approximate surface area is 211 Å². The van der Waals surface area contributed by atoms with Gasteiger partial charge < -0.3 is 14.4 Å². The average Bonchev–Trinajstić information content (AvgIpc) is 3.55. The number of rotatable bonds is 6. The number of hydrogen-bond donors (Lipinski definition) is 0. The van der Waals surface area contributed by atoms with Crippen LogP contribution in [0, 0.1) is 0 Å². The Hall–Kier alpha value is -3.21. The number of hydrogen-bond acceptors (Lipinski definition) is 9. The molecule has 1 fully saturated rings. The van der Waals surface area contributed by atoms with Gasteiger partial charge in [0, 0.05) is 38.3 Å². The Morgan fingerprint density at radius 1 is 1.00 bits per heavy atom. The van der Waals surface area contributed by atoms with Crippen molar-refractivity contribution in [3.63, 3.8) is 0 Å². The molecule has 0 saturated carbocycles. The summed E-state index contributed by atoms with van der Waals surface area (Å²) >= 11 is 2.85. The molecular formula is C25H23N5O3S2. The fraction of sp³-hybridized carbons (Fsp3) is 0.280. The number of fused-ring (bicyclic) bond motifs is 2. The van der Waals surface area contributed by atoms with Crippen LogP contribution in [0.3, 0.4) is 0 Å². The average molecular weight is 506 g/mol. The molecule has 0 atom stereocenters. The summed E-state index contributed by atoms with van der Waals surface area (Å²) in [6, 6.07) is 16.1. The highest BCUT2D eigenvalue weighted by atomic mass is 32.2. The zero-order chi connectivity index (χ0) is 23.6. The van der Waals surface area contributed by atoms with Crippen LogP contribution in [0.25, 0.3) is 21.5 Å². The van der Waals surface area contributed by atoms with Gasteiger partial charge in [-0.05, 0) is 29.2 Å². The normalized spacial score (nSPS) is 15.6. The number of thioether (sulfide) groups is 1. The summed E-state index contributed by atoms with van der Waals surface area (Å²) in [5.41, 5.74) is 3.92. The summed E-state index contributed by atoms with van der Waals surface area (Å²) in [5, 5.41) is 0.810. The van der Waals surface area contributed by atoms with E-state index in [9.17, 15) is 4.79 Å². The van der Waals surface area contributed by atoms with E-state index in [4.69, 9.17) is 9.47 Å². The summed E-state index contributed by atoms with van der Waals surface area (Å²) < 4.78 is 16.4. The number of aromatic nitrogens is 3. The lowest BCUT2D eigenvalue weighted by Crippen LogP contribution is -2.48. The predicted molar refractivity (Wildman–Crippen MR) is 136 cm³/mol. The third-order valence-electron chi connectivity index (χ3n) is 6.17. The van der Waals surface area contributed by atoms with E-state index in [0.717, 1.165) is 70.7 Å². The van der Waals surface area contributed by atoms with E-state index in [1.54, 1.807) is 6.33 Å².